The van der Waals surface area contributed by atoms with E-state index >= 15 is 0 Å². The fourth-order valence-electron chi connectivity index (χ4n) is 4.10. The average Bonchev–Trinajstić information content (AvgIpc) is 2.88. The highest BCUT2D eigenvalue weighted by Crippen LogP contribution is 2.30. The van der Waals surface area contributed by atoms with Crippen LogP contribution < -0.4 is 15.4 Å². The van der Waals surface area contributed by atoms with Gasteiger partial charge in [0.1, 0.15) is 17.9 Å². The molecule has 0 bridgehead atoms. The summed E-state index contributed by atoms with van der Waals surface area (Å²) in [6.45, 7) is 11.8. The van der Waals surface area contributed by atoms with Gasteiger partial charge >= 0.3 is 0 Å². The van der Waals surface area contributed by atoms with Gasteiger partial charge in [-0.1, -0.05) is 24.5 Å². The minimum atomic E-state index is -0.319. The monoisotopic (exact) mass is 484 g/mol. The molecule has 1 saturated heterocycles. The van der Waals surface area contributed by atoms with Gasteiger partial charge in [-0.3, -0.25) is 9.69 Å². The van der Waals surface area contributed by atoms with Crippen molar-refractivity contribution in [3.63, 3.8) is 0 Å². The maximum absolute atomic E-state index is 12.2. The number of piperazine rings is 1. The lowest BCUT2D eigenvalue weighted by Gasteiger charge is -2.40. The molecule has 1 aliphatic rings. The summed E-state index contributed by atoms with van der Waals surface area (Å²) in [6.07, 6.45) is 2.75. The number of amides is 1. The molecule has 4 rings (SSSR count). The molecule has 8 nitrogen and oxygen atoms in total. The molecule has 0 saturated carbocycles. The molecule has 3 aromatic rings. The van der Waals surface area contributed by atoms with Gasteiger partial charge in [0.25, 0.3) is 0 Å². The minimum Gasteiger partial charge on any atom is -0.497 e. The van der Waals surface area contributed by atoms with E-state index in [1.807, 2.05) is 36.4 Å². The summed E-state index contributed by atoms with van der Waals surface area (Å²) in [4.78, 5) is 25.9. The van der Waals surface area contributed by atoms with Crippen LogP contribution in [-0.4, -0.2) is 71.6 Å². The van der Waals surface area contributed by atoms with Crippen LogP contribution in [0.5, 0.6) is 5.75 Å². The van der Waals surface area contributed by atoms with E-state index in [0.717, 1.165) is 43.0 Å². The zero-order chi connectivity index (χ0) is 25.7. The van der Waals surface area contributed by atoms with Crippen LogP contribution in [0.1, 0.15) is 19.4 Å². The van der Waals surface area contributed by atoms with E-state index in [2.05, 4.69) is 69.7 Å². The van der Waals surface area contributed by atoms with Crippen molar-refractivity contribution < 1.29 is 9.53 Å². The highest BCUT2D eigenvalue weighted by molar-refractivity contribution is 6.03. The number of nitrogens with zero attached hydrogens (tertiary/aromatic N) is 4. The van der Waals surface area contributed by atoms with Gasteiger partial charge in [-0.15, -0.1) is 0 Å². The number of aromatic nitrogens is 2. The van der Waals surface area contributed by atoms with Crippen molar-refractivity contribution in [3.05, 3.63) is 60.9 Å². The Labute approximate surface area is 212 Å². The number of methoxy groups -OCH3 is 1. The van der Waals surface area contributed by atoms with E-state index in [1.54, 1.807) is 7.11 Å². The van der Waals surface area contributed by atoms with Gasteiger partial charge in [-0.25, -0.2) is 9.97 Å². The van der Waals surface area contributed by atoms with Crippen molar-refractivity contribution in [1.82, 2.24) is 19.8 Å². The van der Waals surface area contributed by atoms with Crippen LogP contribution >= 0.6 is 0 Å². The molecule has 2 heterocycles. The molecule has 1 fully saturated rings. The number of fused-ring (bicyclic) bond motifs is 1. The lowest BCUT2D eigenvalue weighted by molar-refractivity contribution is -0.111. The summed E-state index contributed by atoms with van der Waals surface area (Å²) in [5, 5.41) is 6.98. The topological polar surface area (TPSA) is 82.6 Å². The quantitative estimate of drug-likeness (QED) is 0.406. The van der Waals surface area contributed by atoms with Crippen LogP contribution in [0.15, 0.2) is 55.4 Å². The Bertz CT molecular complexity index is 1330. The summed E-state index contributed by atoms with van der Waals surface area (Å²) in [5.41, 5.74) is 2.49. The van der Waals surface area contributed by atoms with E-state index in [-0.39, 0.29) is 11.4 Å². The number of hydrogen-bond acceptors (Lipinski definition) is 7. The molecule has 0 spiro atoms. The van der Waals surface area contributed by atoms with Crippen molar-refractivity contribution in [2.75, 3.05) is 51.0 Å². The normalized spacial score (nSPS) is 14.6. The third-order valence-corrected chi connectivity index (χ3v) is 6.35. The molecule has 1 aliphatic heterocycles. The first-order valence-corrected chi connectivity index (χ1v) is 11.9. The predicted octanol–water partition coefficient (Wildman–Crippen LogP) is 3.88. The Morgan fingerprint density at radius 3 is 2.67 bits per heavy atom. The zero-order valence-electron chi connectivity index (χ0n) is 21.3. The van der Waals surface area contributed by atoms with Crippen molar-refractivity contribution in [1.29, 1.82) is 0 Å². The molecule has 0 radical (unpaired) electrons. The second-order valence-corrected chi connectivity index (χ2v) is 9.29. The van der Waals surface area contributed by atoms with Crippen LogP contribution in [0, 0.1) is 11.8 Å². The average molecular weight is 485 g/mol. The Morgan fingerprint density at radius 1 is 1.17 bits per heavy atom. The molecular weight excluding hydrogens is 452 g/mol. The van der Waals surface area contributed by atoms with E-state index in [9.17, 15) is 4.79 Å². The fourth-order valence-corrected chi connectivity index (χ4v) is 4.10. The van der Waals surface area contributed by atoms with Gasteiger partial charge in [0, 0.05) is 43.3 Å². The summed E-state index contributed by atoms with van der Waals surface area (Å²) in [6, 6.07) is 11.3. The number of benzene rings is 2. The number of hydrogen-bond donors (Lipinski definition) is 2. The molecule has 186 valence electrons. The van der Waals surface area contributed by atoms with Crippen LogP contribution in [0.3, 0.4) is 0 Å². The summed E-state index contributed by atoms with van der Waals surface area (Å²) >= 11 is 0. The number of ether oxygens (including phenoxy) is 1. The van der Waals surface area contributed by atoms with Gasteiger partial charge in [0.2, 0.25) is 5.91 Å². The van der Waals surface area contributed by atoms with E-state index in [0.29, 0.717) is 22.6 Å². The third kappa shape index (κ3) is 5.82. The molecular formula is C28H32N6O2. The Balaban J connectivity index is 1.72. The largest absolute Gasteiger partial charge is 0.497 e. The third-order valence-electron chi connectivity index (χ3n) is 6.35. The Kier molecular flexibility index (Phi) is 7.53. The molecule has 2 aromatic carbocycles. The SMILES string of the molecule is C=CC(=O)Nc1cc2c(Nc3cccc(OC)c3)ncnc2cc1C#CC(C)(C)N1CCN(C)CC1. The van der Waals surface area contributed by atoms with Crippen LogP contribution in [-0.2, 0) is 4.79 Å². The maximum atomic E-state index is 12.2. The van der Waals surface area contributed by atoms with Gasteiger partial charge < -0.3 is 20.3 Å². The van der Waals surface area contributed by atoms with E-state index in [4.69, 9.17) is 4.74 Å². The Hall–Kier alpha value is -3.93. The van der Waals surface area contributed by atoms with E-state index in [1.165, 1.54) is 12.4 Å². The minimum absolute atomic E-state index is 0.310. The number of nitrogens with one attached hydrogen (secondary N) is 2. The zero-order valence-corrected chi connectivity index (χ0v) is 21.3. The van der Waals surface area contributed by atoms with Gasteiger partial charge in [0.05, 0.1) is 29.4 Å². The van der Waals surface area contributed by atoms with Crippen molar-refractivity contribution in [3.8, 4) is 17.6 Å². The number of rotatable bonds is 6. The first kappa shape index (κ1) is 25.2. The molecule has 1 aromatic heterocycles. The fraction of sp³-hybridized carbons (Fsp3) is 0.321. The lowest BCUT2D eigenvalue weighted by Crippen LogP contribution is -2.53. The second-order valence-electron chi connectivity index (χ2n) is 9.29. The van der Waals surface area contributed by atoms with Gasteiger partial charge in [-0.05, 0) is 51.2 Å². The molecule has 8 heteroatoms. The first-order chi connectivity index (χ1) is 17.3. The number of carbonyl (C=O) groups excluding carboxylic acids is 1. The summed E-state index contributed by atoms with van der Waals surface area (Å²) in [5.74, 6) is 7.78. The predicted molar refractivity (Wildman–Crippen MR) is 145 cm³/mol. The second kappa shape index (κ2) is 10.8. The van der Waals surface area contributed by atoms with E-state index < -0.39 is 0 Å². The van der Waals surface area contributed by atoms with Crippen LogP contribution in [0.2, 0.25) is 0 Å². The highest BCUT2D eigenvalue weighted by Gasteiger charge is 2.27. The number of likely N-dealkylation sites (N-methyl/N-ethyl adjacent to an activating group) is 1. The van der Waals surface area contributed by atoms with Crippen molar-refractivity contribution in [2.45, 2.75) is 19.4 Å². The standard InChI is InChI=1S/C28H32N6O2/c1-6-26(35)32-24-18-23-25(29-19-30-27(23)31-21-8-7-9-22(17-21)36-5)16-20(24)10-11-28(2,3)34-14-12-33(4)13-15-34/h6-9,16-19H,1,12-15H2,2-5H3,(H,32,35)(H,29,30,31). The van der Waals surface area contributed by atoms with Crippen LogP contribution in [0.4, 0.5) is 17.2 Å². The Morgan fingerprint density at radius 2 is 1.94 bits per heavy atom. The molecule has 2 N–H and O–H groups in total. The number of anilines is 3. The van der Waals surface area contributed by atoms with Crippen LogP contribution in [0.25, 0.3) is 10.9 Å². The number of carbonyl (C=O) groups is 1. The highest BCUT2D eigenvalue weighted by atomic mass is 16.5. The maximum Gasteiger partial charge on any atom is 0.247 e. The molecule has 0 unspecified atom stereocenters. The summed E-state index contributed by atoms with van der Waals surface area (Å²) in [7, 11) is 3.76. The van der Waals surface area contributed by atoms with Crippen molar-refractivity contribution in [2.24, 2.45) is 0 Å². The molecule has 0 atom stereocenters. The van der Waals surface area contributed by atoms with Gasteiger partial charge in [0.15, 0.2) is 0 Å². The molecule has 1 amide bonds. The van der Waals surface area contributed by atoms with Gasteiger partial charge in [-0.2, -0.15) is 0 Å². The molecule has 36 heavy (non-hydrogen) atoms. The smallest absolute Gasteiger partial charge is 0.247 e. The van der Waals surface area contributed by atoms with Crippen molar-refractivity contribution >= 4 is 34.0 Å². The molecule has 0 aliphatic carbocycles. The summed E-state index contributed by atoms with van der Waals surface area (Å²) < 4.78 is 5.32. The first-order valence-electron chi connectivity index (χ1n) is 11.9. The lowest BCUT2D eigenvalue weighted by atomic mass is 10.0.